The van der Waals surface area contributed by atoms with Crippen LogP contribution in [0.5, 0.6) is 5.75 Å². The number of hydrogen-bond acceptors (Lipinski definition) is 3. The minimum atomic E-state index is -0.205. The van der Waals surface area contributed by atoms with Crippen LogP contribution in [0.25, 0.3) is 21.8 Å². The summed E-state index contributed by atoms with van der Waals surface area (Å²) in [5, 5.41) is 15.1. The van der Waals surface area contributed by atoms with E-state index in [-0.39, 0.29) is 18.1 Å². The van der Waals surface area contributed by atoms with Crippen molar-refractivity contribution in [1.82, 2.24) is 9.97 Å². The fraction of sp³-hybridized carbons (Fsp3) is 0.100. The van der Waals surface area contributed by atoms with E-state index in [2.05, 4.69) is 21.4 Å². The number of nitrogens with one attached hydrogen (secondary N) is 2. The van der Waals surface area contributed by atoms with Crippen molar-refractivity contribution >= 4 is 45.0 Å². The maximum atomic E-state index is 12.2. The number of phenolic OH excluding ortho intramolecular Hbond substituents is 1. The molecule has 130 valence electrons. The second kappa shape index (κ2) is 6.69. The van der Waals surface area contributed by atoms with Crippen LogP contribution in [0.15, 0.2) is 54.7 Å². The number of anilines is 1. The highest BCUT2D eigenvalue weighted by atomic mass is 35.5. The summed E-state index contributed by atoms with van der Waals surface area (Å²) in [6.07, 6.45) is 2.56. The van der Waals surface area contributed by atoms with Crippen molar-refractivity contribution in [3.05, 3.63) is 65.4 Å². The van der Waals surface area contributed by atoms with E-state index >= 15 is 0 Å². The molecule has 4 rings (SSSR count). The standard InChI is InChI=1S/C20H16ClN3O2/c21-12-5-7-19(25)17(9-12)24-20(26)8-6-13-10-15-14-3-1-2-4-16(14)23-18(15)11-22-13/h1-5,7,9-11,23,25H,6,8H2,(H,24,26). The average molecular weight is 366 g/mol. The minimum absolute atomic E-state index is 0.0129. The highest BCUT2D eigenvalue weighted by Gasteiger charge is 2.10. The second-order valence-corrected chi connectivity index (χ2v) is 6.54. The SMILES string of the molecule is O=C(CCc1cc2c(cn1)[nH]c1ccccc12)Nc1cc(Cl)ccc1O. The Morgan fingerprint density at radius 3 is 2.85 bits per heavy atom. The molecule has 0 atom stereocenters. The third kappa shape index (κ3) is 3.21. The van der Waals surface area contributed by atoms with Gasteiger partial charge in [-0.2, -0.15) is 0 Å². The predicted molar refractivity (Wildman–Crippen MR) is 104 cm³/mol. The zero-order valence-corrected chi connectivity index (χ0v) is 14.5. The Kier molecular flexibility index (Phi) is 4.22. The average Bonchev–Trinajstić information content (AvgIpc) is 3.01. The van der Waals surface area contributed by atoms with E-state index in [0.717, 1.165) is 27.5 Å². The molecule has 1 amide bonds. The highest BCUT2D eigenvalue weighted by molar-refractivity contribution is 6.31. The Morgan fingerprint density at radius 2 is 1.96 bits per heavy atom. The number of para-hydroxylation sites is 1. The third-order valence-electron chi connectivity index (χ3n) is 4.29. The second-order valence-electron chi connectivity index (χ2n) is 6.10. The molecule has 0 bridgehead atoms. The first-order chi connectivity index (χ1) is 12.6. The summed E-state index contributed by atoms with van der Waals surface area (Å²) < 4.78 is 0. The summed E-state index contributed by atoms with van der Waals surface area (Å²) in [5.74, 6) is -0.218. The fourth-order valence-corrected chi connectivity index (χ4v) is 3.16. The number of nitrogens with zero attached hydrogens (tertiary/aromatic N) is 1. The Bertz CT molecular complexity index is 1120. The lowest BCUT2D eigenvalue weighted by Gasteiger charge is -2.07. The van der Waals surface area contributed by atoms with Crippen molar-refractivity contribution in [3.63, 3.8) is 0 Å². The summed E-state index contributed by atoms with van der Waals surface area (Å²) >= 11 is 5.89. The van der Waals surface area contributed by atoms with Crippen molar-refractivity contribution < 1.29 is 9.90 Å². The van der Waals surface area contributed by atoms with Crippen LogP contribution in [-0.2, 0) is 11.2 Å². The summed E-state index contributed by atoms with van der Waals surface area (Å²) in [6.45, 7) is 0. The van der Waals surface area contributed by atoms with Crippen LogP contribution in [0, 0.1) is 0 Å². The van der Waals surface area contributed by atoms with Crippen LogP contribution in [0.4, 0.5) is 5.69 Å². The van der Waals surface area contributed by atoms with Crippen LogP contribution in [-0.4, -0.2) is 21.0 Å². The van der Waals surface area contributed by atoms with E-state index < -0.39 is 0 Å². The van der Waals surface area contributed by atoms with E-state index in [1.807, 2.05) is 24.3 Å². The first-order valence-corrected chi connectivity index (χ1v) is 8.61. The van der Waals surface area contributed by atoms with Crippen LogP contribution in [0.1, 0.15) is 12.1 Å². The predicted octanol–water partition coefficient (Wildman–Crippen LogP) is 4.65. The lowest BCUT2D eigenvalue weighted by molar-refractivity contribution is -0.116. The van der Waals surface area contributed by atoms with Crippen LogP contribution in [0.3, 0.4) is 0 Å². The van der Waals surface area contributed by atoms with Gasteiger partial charge in [0.15, 0.2) is 0 Å². The normalized spacial score (nSPS) is 11.1. The molecule has 3 N–H and O–H groups in total. The van der Waals surface area contributed by atoms with E-state index in [9.17, 15) is 9.90 Å². The molecular weight excluding hydrogens is 350 g/mol. The van der Waals surface area contributed by atoms with E-state index in [4.69, 9.17) is 11.6 Å². The maximum Gasteiger partial charge on any atom is 0.224 e. The number of hydrogen-bond donors (Lipinski definition) is 3. The molecule has 0 fully saturated rings. The first kappa shape index (κ1) is 16.4. The van der Waals surface area contributed by atoms with Gasteiger partial charge in [0.05, 0.1) is 17.4 Å². The van der Waals surface area contributed by atoms with Gasteiger partial charge in [0, 0.05) is 33.4 Å². The number of pyridine rings is 1. The third-order valence-corrected chi connectivity index (χ3v) is 4.52. The molecule has 0 radical (unpaired) electrons. The zero-order chi connectivity index (χ0) is 18.1. The van der Waals surface area contributed by atoms with Crippen molar-refractivity contribution in [1.29, 1.82) is 0 Å². The molecule has 5 nitrogen and oxygen atoms in total. The van der Waals surface area contributed by atoms with Crippen LogP contribution in [0.2, 0.25) is 5.02 Å². The van der Waals surface area contributed by atoms with E-state index in [0.29, 0.717) is 17.1 Å². The number of carbonyl (C=O) groups is 1. The lowest BCUT2D eigenvalue weighted by Crippen LogP contribution is -2.12. The molecule has 0 aliphatic rings. The summed E-state index contributed by atoms with van der Waals surface area (Å²) in [5.41, 5.74) is 3.19. The van der Waals surface area contributed by atoms with Crippen LogP contribution >= 0.6 is 11.6 Å². The number of amides is 1. The highest BCUT2D eigenvalue weighted by Crippen LogP contribution is 2.27. The van der Waals surface area contributed by atoms with Gasteiger partial charge in [-0.05, 0) is 36.8 Å². The quantitative estimate of drug-likeness (QED) is 0.461. The van der Waals surface area contributed by atoms with Gasteiger partial charge in [-0.25, -0.2) is 0 Å². The Hall–Kier alpha value is -3.05. The number of aryl methyl sites for hydroxylation is 1. The largest absolute Gasteiger partial charge is 0.506 e. The summed E-state index contributed by atoms with van der Waals surface area (Å²) in [4.78, 5) is 19.9. The van der Waals surface area contributed by atoms with E-state index in [1.54, 1.807) is 12.3 Å². The fourth-order valence-electron chi connectivity index (χ4n) is 2.99. The van der Waals surface area contributed by atoms with Crippen molar-refractivity contribution in [3.8, 4) is 5.75 Å². The number of fused-ring (bicyclic) bond motifs is 3. The summed E-state index contributed by atoms with van der Waals surface area (Å²) in [7, 11) is 0. The summed E-state index contributed by atoms with van der Waals surface area (Å²) in [6, 6.07) is 14.6. The molecular formula is C20H16ClN3O2. The van der Waals surface area contributed by atoms with Gasteiger partial charge >= 0.3 is 0 Å². The van der Waals surface area contributed by atoms with Crippen molar-refractivity contribution in [2.45, 2.75) is 12.8 Å². The lowest BCUT2D eigenvalue weighted by atomic mass is 10.1. The van der Waals surface area contributed by atoms with Gasteiger partial charge in [-0.1, -0.05) is 29.8 Å². The zero-order valence-electron chi connectivity index (χ0n) is 13.8. The smallest absolute Gasteiger partial charge is 0.224 e. The number of aromatic hydroxyl groups is 1. The number of aromatic amines is 1. The number of carbonyl (C=O) groups excluding carboxylic acids is 1. The van der Waals surface area contributed by atoms with Gasteiger partial charge in [0.2, 0.25) is 5.91 Å². The Labute approximate surface area is 154 Å². The molecule has 2 aromatic heterocycles. The Balaban J connectivity index is 1.49. The minimum Gasteiger partial charge on any atom is -0.506 e. The number of benzene rings is 2. The number of aromatic nitrogens is 2. The molecule has 26 heavy (non-hydrogen) atoms. The molecule has 0 unspecified atom stereocenters. The monoisotopic (exact) mass is 365 g/mol. The molecule has 0 saturated heterocycles. The number of halogens is 1. The first-order valence-electron chi connectivity index (χ1n) is 8.24. The van der Waals surface area contributed by atoms with Crippen molar-refractivity contribution in [2.75, 3.05) is 5.32 Å². The molecule has 0 aliphatic heterocycles. The van der Waals surface area contributed by atoms with Gasteiger partial charge < -0.3 is 15.4 Å². The maximum absolute atomic E-state index is 12.2. The van der Waals surface area contributed by atoms with Gasteiger partial charge in [0.25, 0.3) is 0 Å². The van der Waals surface area contributed by atoms with Crippen molar-refractivity contribution in [2.24, 2.45) is 0 Å². The van der Waals surface area contributed by atoms with Gasteiger partial charge in [0.1, 0.15) is 5.75 Å². The molecule has 0 aliphatic carbocycles. The number of H-pyrrole nitrogens is 1. The number of rotatable bonds is 4. The number of phenols is 1. The molecule has 2 aromatic carbocycles. The Morgan fingerprint density at radius 1 is 1.12 bits per heavy atom. The van der Waals surface area contributed by atoms with E-state index in [1.165, 1.54) is 12.1 Å². The van der Waals surface area contributed by atoms with Crippen LogP contribution < -0.4 is 5.32 Å². The molecule has 4 aromatic rings. The molecule has 0 saturated carbocycles. The topological polar surface area (TPSA) is 78.0 Å². The van der Waals surface area contributed by atoms with Gasteiger partial charge in [-0.15, -0.1) is 0 Å². The molecule has 6 heteroatoms. The molecule has 0 spiro atoms. The molecule has 2 heterocycles. The van der Waals surface area contributed by atoms with Gasteiger partial charge in [-0.3, -0.25) is 9.78 Å².